The van der Waals surface area contributed by atoms with Gasteiger partial charge < -0.3 is 10.6 Å². The Balaban J connectivity index is 1.88. The minimum Gasteiger partial charge on any atom is -0.381 e. The van der Waals surface area contributed by atoms with Gasteiger partial charge in [-0.2, -0.15) is 0 Å². The second-order valence-electron chi connectivity index (χ2n) is 5.67. The van der Waals surface area contributed by atoms with E-state index >= 15 is 0 Å². The summed E-state index contributed by atoms with van der Waals surface area (Å²) in [6.45, 7) is 3.27. The minimum atomic E-state index is 0.317. The Labute approximate surface area is 104 Å². The first-order valence-electron chi connectivity index (χ1n) is 6.91. The molecule has 1 aliphatic carbocycles. The Morgan fingerprint density at radius 2 is 1.82 bits per heavy atom. The number of nitrogens with one attached hydrogen (secondary N) is 2. The van der Waals surface area contributed by atoms with Gasteiger partial charge in [-0.15, -0.1) is 0 Å². The van der Waals surface area contributed by atoms with Crippen molar-refractivity contribution in [3.8, 4) is 0 Å². The molecule has 0 bridgehead atoms. The molecule has 0 atom stereocenters. The average Bonchev–Trinajstić information content (AvgIpc) is 2.55. The topological polar surface area (TPSA) is 24.1 Å². The number of hydrogen-bond donors (Lipinski definition) is 2. The number of rotatable bonds is 0. The Kier molecular flexibility index (Phi) is 2.73. The van der Waals surface area contributed by atoms with Gasteiger partial charge in [0.1, 0.15) is 0 Å². The molecule has 0 saturated heterocycles. The van der Waals surface area contributed by atoms with Crippen LogP contribution in [0.2, 0.25) is 0 Å². The summed E-state index contributed by atoms with van der Waals surface area (Å²) in [5.74, 6) is 0. The summed E-state index contributed by atoms with van der Waals surface area (Å²) < 4.78 is 0. The van der Waals surface area contributed by atoms with E-state index in [1.807, 2.05) is 0 Å². The van der Waals surface area contributed by atoms with Gasteiger partial charge in [-0.3, -0.25) is 0 Å². The molecule has 0 amide bonds. The number of fused-ring (bicyclic) bond motifs is 1. The van der Waals surface area contributed by atoms with Crippen molar-refractivity contribution in [3.05, 3.63) is 23.8 Å². The van der Waals surface area contributed by atoms with Gasteiger partial charge in [0.15, 0.2) is 0 Å². The smallest absolute Gasteiger partial charge is 0.0606 e. The predicted octanol–water partition coefficient (Wildman–Crippen LogP) is 3.93. The van der Waals surface area contributed by atoms with Crippen LogP contribution in [0.15, 0.2) is 18.2 Å². The molecule has 1 aromatic rings. The molecule has 92 valence electrons. The standard InChI is InChI=1S/C15H22N2/c1-12-7-6-8-13-14(12)16-11-15(17-13)9-4-2-3-5-10-15/h6-8,16-17H,2-5,9-11H2,1H3. The fourth-order valence-electron chi connectivity index (χ4n) is 3.30. The summed E-state index contributed by atoms with van der Waals surface area (Å²) in [4.78, 5) is 0. The van der Waals surface area contributed by atoms with Crippen LogP contribution in [0, 0.1) is 6.92 Å². The lowest BCUT2D eigenvalue weighted by Crippen LogP contribution is -2.47. The molecule has 17 heavy (non-hydrogen) atoms. The zero-order valence-corrected chi connectivity index (χ0v) is 10.7. The van der Waals surface area contributed by atoms with E-state index in [0.717, 1.165) is 6.54 Å². The first-order chi connectivity index (χ1) is 8.29. The monoisotopic (exact) mass is 230 g/mol. The third-order valence-electron chi connectivity index (χ3n) is 4.34. The van der Waals surface area contributed by atoms with Crippen LogP contribution in [0.5, 0.6) is 0 Å². The van der Waals surface area contributed by atoms with Crippen molar-refractivity contribution in [2.45, 2.75) is 51.0 Å². The van der Waals surface area contributed by atoms with E-state index in [0.29, 0.717) is 5.54 Å². The van der Waals surface area contributed by atoms with Gasteiger partial charge in [-0.05, 0) is 31.4 Å². The SMILES string of the molecule is Cc1cccc2c1NCC1(CCCCCC1)N2. The third kappa shape index (κ3) is 2.01. The maximum atomic E-state index is 3.83. The molecule has 0 aromatic heterocycles. The van der Waals surface area contributed by atoms with E-state index in [-0.39, 0.29) is 0 Å². The number of anilines is 2. The van der Waals surface area contributed by atoms with E-state index in [9.17, 15) is 0 Å². The Morgan fingerprint density at radius 1 is 1.06 bits per heavy atom. The molecular formula is C15H22N2. The van der Waals surface area contributed by atoms with E-state index in [4.69, 9.17) is 0 Å². The van der Waals surface area contributed by atoms with Gasteiger partial charge in [-0.1, -0.05) is 37.8 Å². The number of aryl methyl sites for hydroxylation is 1. The van der Waals surface area contributed by atoms with Crippen LogP contribution < -0.4 is 10.6 Å². The molecule has 1 spiro atoms. The first-order valence-corrected chi connectivity index (χ1v) is 6.91. The average molecular weight is 230 g/mol. The fourth-order valence-corrected chi connectivity index (χ4v) is 3.30. The summed E-state index contributed by atoms with van der Waals surface area (Å²) >= 11 is 0. The number of hydrogen-bond acceptors (Lipinski definition) is 2. The molecule has 0 radical (unpaired) electrons. The van der Waals surface area contributed by atoms with Crippen molar-refractivity contribution in [1.29, 1.82) is 0 Å². The molecule has 1 saturated carbocycles. The van der Waals surface area contributed by atoms with Crippen molar-refractivity contribution in [3.63, 3.8) is 0 Å². The Morgan fingerprint density at radius 3 is 2.59 bits per heavy atom. The highest BCUT2D eigenvalue weighted by atomic mass is 15.1. The summed E-state index contributed by atoms with van der Waals surface area (Å²) in [6, 6.07) is 6.54. The van der Waals surface area contributed by atoms with Gasteiger partial charge in [0.2, 0.25) is 0 Å². The summed E-state index contributed by atoms with van der Waals surface area (Å²) in [5, 5.41) is 7.49. The zero-order valence-electron chi connectivity index (χ0n) is 10.7. The van der Waals surface area contributed by atoms with Crippen LogP contribution in [0.1, 0.15) is 44.1 Å². The van der Waals surface area contributed by atoms with Gasteiger partial charge in [0.25, 0.3) is 0 Å². The molecule has 2 aliphatic rings. The molecule has 1 aromatic carbocycles. The second-order valence-corrected chi connectivity index (χ2v) is 5.67. The minimum absolute atomic E-state index is 0.317. The number of para-hydroxylation sites is 1. The van der Waals surface area contributed by atoms with E-state index in [2.05, 4.69) is 35.8 Å². The predicted molar refractivity (Wildman–Crippen MR) is 73.7 cm³/mol. The van der Waals surface area contributed by atoms with Crippen LogP contribution in [-0.2, 0) is 0 Å². The van der Waals surface area contributed by atoms with Gasteiger partial charge in [0, 0.05) is 6.54 Å². The molecule has 1 heterocycles. The number of benzene rings is 1. The molecular weight excluding hydrogens is 208 g/mol. The van der Waals surface area contributed by atoms with Crippen molar-refractivity contribution in [1.82, 2.24) is 0 Å². The third-order valence-corrected chi connectivity index (χ3v) is 4.34. The first kappa shape index (κ1) is 10.9. The summed E-state index contributed by atoms with van der Waals surface area (Å²) in [5.41, 5.74) is 4.27. The van der Waals surface area contributed by atoms with Crippen molar-refractivity contribution >= 4 is 11.4 Å². The maximum Gasteiger partial charge on any atom is 0.0606 e. The normalized spacial score (nSPS) is 22.2. The van der Waals surface area contributed by atoms with E-state index in [1.54, 1.807) is 0 Å². The quantitative estimate of drug-likeness (QED) is 0.705. The highest BCUT2D eigenvalue weighted by molar-refractivity contribution is 5.75. The van der Waals surface area contributed by atoms with Crippen LogP contribution in [0.25, 0.3) is 0 Å². The Hall–Kier alpha value is -1.18. The van der Waals surface area contributed by atoms with Crippen LogP contribution in [-0.4, -0.2) is 12.1 Å². The highest BCUT2D eigenvalue weighted by Gasteiger charge is 2.34. The largest absolute Gasteiger partial charge is 0.381 e. The lowest BCUT2D eigenvalue weighted by atomic mass is 9.87. The molecule has 3 rings (SSSR count). The lowest BCUT2D eigenvalue weighted by Gasteiger charge is -2.40. The highest BCUT2D eigenvalue weighted by Crippen LogP contribution is 2.38. The Bertz CT molecular complexity index is 403. The van der Waals surface area contributed by atoms with Gasteiger partial charge in [-0.25, -0.2) is 0 Å². The maximum absolute atomic E-state index is 3.83. The molecule has 0 unspecified atom stereocenters. The molecule has 2 nitrogen and oxygen atoms in total. The van der Waals surface area contributed by atoms with Crippen molar-refractivity contribution < 1.29 is 0 Å². The van der Waals surface area contributed by atoms with Gasteiger partial charge >= 0.3 is 0 Å². The lowest BCUT2D eigenvalue weighted by molar-refractivity contribution is 0.423. The van der Waals surface area contributed by atoms with Crippen LogP contribution in [0.3, 0.4) is 0 Å². The van der Waals surface area contributed by atoms with Crippen molar-refractivity contribution in [2.24, 2.45) is 0 Å². The summed E-state index contributed by atoms with van der Waals surface area (Å²) in [7, 11) is 0. The van der Waals surface area contributed by atoms with Gasteiger partial charge in [0.05, 0.1) is 16.9 Å². The molecule has 2 N–H and O–H groups in total. The zero-order chi connectivity index (χ0) is 11.7. The van der Waals surface area contributed by atoms with E-state index in [1.165, 1.54) is 55.5 Å². The molecule has 1 aliphatic heterocycles. The summed E-state index contributed by atoms with van der Waals surface area (Å²) in [6.07, 6.45) is 8.18. The van der Waals surface area contributed by atoms with Crippen LogP contribution in [0.4, 0.5) is 11.4 Å². The van der Waals surface area contributed by atoms with E-state index < -0.39 is 0 Å². The molecule has 1 fully saturated rings. The van der Waals surface area contributed by atoms with Crippen molar-refractivity contribution in [2.75, 3.05) is 17.2 Å². The fraction of sp³-hybridized carbons (Fsp3) is 0.600. The van der Waals surface area contributed by atoms with Crippen LogP contribution >= 0.6 is 0 Å². The molecule has 2 heteroatoms. The second kappa shape index (κ2) is 4.25.